The van der Waals surface area contributed by atoms with E-state index in [2.05, 4.69) is 5.32 Å². The topological polar surface area (TPSA) is 55.1 Å². The molecule has 0 saturated carbocycles. The molecule has 1 amide bonds. The molecule has 0 spiro atoms. The number of rotatable bonds is 6. The van der Waals surface area contributed by atoms with Gasteiger partial charge in [-0.1, -0.05) is 54.1 Å². The van der Waals surface area contributed by atoms with E-state index in [0.717, 1.165) is 17.5 Å². The predicted octanol–water partition coefficient (Wildman–Crippen LogP) is 2.57. The second kappa shape index (κ2) is 7.81. The van der Waals surface area contributed by atoms with Crippen LogP contribution in [0, 0.1) is 0 Å². The number of halogens is 1. The monoisotopic (exact) mass is 302 g/mol. The Labute approximate surface area is 130 Å². The molecule has 0 aliphatic carbocycles. The van der Waals surface area contributed by atoms with Crippen LogP contribution in [0.25, 0.3) is 0 Å². The molecule has 0 aliphatic heterocycles. The average molecular weight is 303 g/mol. The van der Waals surface area contributed by atoms with E-state index in [0.29, 0.717) is 18.0 Å². The van der Waals surface area contributed by atoms with Crippen molar-refractivity contribution in [3.8, 4) is 0 Å². The molecule has 3 nitrogen and oxygen atoms in total. The number of carbonyl (C=O) groups excluding carboxylic acids is 1. The van der Waals surface area contributed by atoms with Crippen LogP contribution in [0.1, 0.15) is 11.1 Å². The second-order valence-electron chi connectivity index (χ2n) is 4.97. The minimum absolute atomic E-state index is 0.124. The first-order valence-corrected chi connectivity index (χ1v) is 7.34. The molecule has 3 N–H and O–H groups in total. The molecule has 0 aliphatic rings. The Morgan fingerprint density at radius 2 is 1.81 bits per heavy atom. The van der Waals surface area contributed by atoms with Gasteiger partial charge in [-0.05, 0) is 36.1 Å². The van der Waals surface area contributed by atoms with E-state index in [1.165, 1.54) is 0 Å². The number of carbonyl (C=O) groups is 1. The van der Waals surface area contributed by atoms with Crippen LogP contribution in [0.15, 0.2) is 54.6 Å². The summed E-state index contributed by atoms with van der Waals surface area (Å²) in [5, 5.41) is 3.57. The first-order chi connectivity index (χ1) is 10.1. The first-order valence-electron chi connectivity index (χ1n) is 6.97. The predicted molar refractivity (Wildman–Crippen MR) is 86.3 cm³/mol. The molecule has 1 atom stereocenters. The van der Waals surface area contributed by atoms with Crippen LogP contribution in [-0.4, -0.2) is 18.5 Å². The van der Waals surface area contributed by atoms with Gasteiger partial charge in [-0.25, -0.2) is 0 Å². The van der Waals surface area contributed by atoms with Gasteiger partial charge in [-0.3, -0.25) is 4.79 Å². The van der Waals surface area contributed by atoms with Crippen LogP contribution >= 0.6 is 11.6 Å². The Morgan fingerprint density at radius 1 is 1.10 bits per heavy atom. The van der Waals surface area contributed by atoms with Gasteiger partial charge < -0.3 is 11.1 Å². The summed E-state index contributed by atoms with van der Waals surface area (Å²) in [7, 11) is 0. The summed E-state index contributed by atoms with van der Waals surface area (Å²) < 4.78 is 0. The van der Waals surface area contributed by atoms with Crippen molar-refractivity contribution in [3.63, 3.8) is 0 Å². The van der Waals surface area contributed by atoms with Gasteiger partial charge in [0.1, 0.15) is 0 Å². The minimum atomic E-state index is -0.522. The zero-order chi connectivity index (χ0) is 15.1. The van der Waals surface area contributed by atoms with Crippen molar-refractivity contribution >= 4 is 17.5 Å². The molecule has 0 heterocycles. The van der Waals surface area contributed by atoms with Crippen molar-refractivity contribution in [3.05, 3.63) is 70.7 Å². The van der Waals surface area contributed by atoms with Crippen LogP contribution in [0.3, 0.4) is 0 Å². The lowest BCUT2D eigenvalue weighted by molar-refractivity contribution is -0.122. The highest BCUT2D eigenvalue weighted by molar-refractivity contribution is 6.30. The minimum Gasteiger partial charge on any atom is -0.354 e. The van der Waals surface area contributed by atoms with Crippen LogP contribution in [0.5, 0.6) is 0 Å². The van der Waals surface area contributed by atoms with Crippen molar-refractivity contribution in [2.75, 3.05) is 6.54 Å². The maximum atomic E-state index is 11.9. The smallest absolute Gasteiger partial charge is 0.237 e. The molecule has 2 aromatic carbocycles. The number of nitrogens with two attached hydrogens (primary N) is 1. The van der Waals surface area contributed by atoms with Gasteiger partial charge in [0.15, 0.2) is 0 Å². The Kier molecular flexibility index (Phi) is 5.78. The number of amides is 1. The number of benzene rings is 2. The molecular weight excluding hydrogens is 284 g/mol. The largest absolute Gasteiger partial charge is 0.354 e. The molecular formula is C17H19ClN2O. The van der Waals surface area contributed by atoms with Crippen molar-refractivity contribution in [1.82, 2.24) is 5.32 Å². The summed E-state index contributed by atoms with van der Waals surface area (Å²) in [5.74, 6) is -0.124. The summed E-state index contributed by atoms with van der Waals surface area (Å²) in [6.45, 7) is 0.557. The number of nitrogens with one attached hydrogen (secondary N) is 1. The first kappa shape index (κ1) is 15.5. The van der Waals surface area contributed by atoms with Crippen molar-refractivity contribution in [1.29, 1.82) is 0 Å². The highest BCUT2D eigenvalue weighted by atomic mass is 35.5. The quantitative estimate of drug-likeness (QED) is 0.861. The van der Waals surface area contributed by atoms with Crippen LogP contribution < -0.4 is 11.1 Å². The van der Waals surface area contributed by atoms with Crippen LogP contribution in [0.2, 0.25) is 5.02 Å². The van der Waals surface area contributed by atoms with Gasteiger partial charge in [0.25, 0.3) is 0 Å². The Hall–Kier alpha value is -1.84. The lowest BCUT2D eigenvalue weighted by Gasteiger charge is -2.12. The third kappa shape index (κ3) is 5.21. The summed E-state index contributed by atoms with van der Waals surface area (Å²) >= 11 is 5.92. The molecule has 0 aromatic heterocycles. The third-order valence-corrected chi connectivity index (χ3v) is 3.47. The fraction of sp³-hybridized carbons (Fsp3) is 0.235. The van der Waals surface area contributed by atoms with Gasteiger partial charge in [-0.15, -0.1) is 0 Å². The lowest BCUT2D eigenvalue weighted by Crippen LogP contribution is -2.42. The van der Waals surface area contributed by atoms with Gasteiger partial charge >= 0.3 is 0 Å². The highest BCUT2D eigenvalue weighted by Gasteiger charge is 2.13. The second-order valence-corrected chi connectivity index (χ2v) is 5.40. The zero-order valence-corrected chi connectivity index (χ0v) is 12.5. The zero-order valence-electron chi connectivity index (χ0n) is 11.8. The van der Waals surface area contributed by atoms with E-state index in [1.54, 1.807) is 0 Å². The fourth-order valence-corrected chi connectivity index (χ4v) is 2.33. The molecule has 0 bridgehead atoms. The van der Waals surface area contributed by atoms with E-state index in [4.69, 9.17) is 17.3 Å². The SMILES string of the molecule is N[C@@H](Cc1ccccc1)C(=O)NCCc1cccc(Cl)c1. The molecule has 2 aromatic rings. The molecule has 0 fully saturated rings. The van der Waals surface area contributed by atoms with E-state index in [9.17, 15) is 4.79 Å². The molecule has 0 unspecified atom stereocenters. The van der Waals surface area contributed by atoms with E-state index in [1.807, 2.05) is 54.6 Å². The third-order valence-electron chi connectivity index (χ3n) is 3.24. The van der Waals surface area contributed by atoms with Crippen LogP contribution in [-0.2, 0) is 17.6 Å². The lowest BCUT2D eigenvalue weighted by atomic mass is 10.1. The van der Waals surface area contributed by atoms with Gasteiger partial charge in [0.05, 0.1) is 6.04 Å². The molecule has 110 valence electrons. The summed E-state index contributed by atoms with van der Waals surface area (Å²) in [5.41, 5.74) is 8.08. The number of hydrogen-bond donors (Lipinski definition) is 2. The van der Waals surface area contributed by atoms with E-state index >= 15 is 0 Å². The Balaban J connectivity index is 1.76. The maximum Gasteiger partial charge on any atom is 0.237 e. The molecule has 21 heavy (non-hydrogen) atoms. The molecule has 4 heteroatoms. The molecule has 2 rings (SSSR count). The molecule has 0 saturated heterocycles. The molecule has 0 radical (unpaired) electrons. The van der Waals surface area contributed by atoms with Gasteiger partial charge in [-0.2, -0.15) is 0 Å². The Morgan fingerprint density at radius 3 is 2.52 bits per heavy atom. The van der Waals surface area contributed by atoms with Gasteiger partial charge in [0.2, 0.25) is 5.91 Å². The number of hydrogen-bond acceptors (Lipinski definition) is 2. The maximum absolute atomic E-state index is 11.9. The standard InChI is InChI=1S/C17H19ClN2O/c18-15-8-4-7-14(11-15)9-10-20-17(21)16(19)12-13-5-2-1-3-6-13/h1-8,11,16H,9-10,12,19H2,(H,20,21)/t16-/m0/s1. The normalized spacial score (nSPS) is 11.9. The van der Waals surface area contributed by atoms with Gasteiger partial charge in [0, 0.05) is 11.6 Å². The van der Waals surface area contributed by atoms with Crippen LogP contribution in [0.4, 0.5) is 0 Å². The summed E-state index contributed by atoms with van der Waals surface area (Å²) in [4.78, 5) is 11.9. The van der Waals surface area contributed by atoms with Crippen molar-refractivity contribution < 1.29 is 4.79 Å². The van der Waals surface area contributed by atoms with E-state index in [-0.39, 0.29) is 5.91 Å². The average Bonchev–Trinajstić information content (AvgIpc) is 2.48. The summed E-state index contributed by atoms with van der Waals surface area (Å²) in [6, 6.07) is 16.9. The highest BCUT2D eigenvalue weighted by Crippen LogP contribution is 2.10. The van der Waals surface area contributed by atoms with E-state index < -0.39 is 6.04 Å². The van der Waals surface area contributed by atoms with Crippen molar-refractivity contribution in [2.24, 2.45) is 5.73 Å². The Bertz CT molecular complexity index is 586. The van der Waals surface area contributed by atoms with Crippen molar-refractivity contribution in [2.45, 2.75) is 18.9 Å². The fourth-order valence-electron chi connectivity index (χ4n) is 2.11. The summed E-state index contributed by atoms with van der Waals surface area (Å²) in [6.07, 6.45) is 1.29.